The van der Waals surface area contributed by atoms with Crippen LogP contribution >= 0.6 is 0 Å². The van der Waals surface area contributed by atoms with Gasteiger partial charge in [-0.25, -0.2) is 12.7 Å². The molecule has 1 aliphatic rings. The summed E-state index contributed by atoms with van der Waals surface area (Å²) in [6.45, 7) is 7.56. The molecule has 8 nitrogen and oxygen atoms in total. The Hall–Kier alpha value is -3.20. The van der Waals surface area contributed by atoms with E-state index in [1.54, 1.807) is 12.1 Å². The largest absolute Gasteiger partial charge is 0.352 e. The maximum Gasteiger partial charge on any atom is 0.269 e. The molecule has 3 amide bonds. The lowest BCUT2D eigenvalue weighted by molar-refractivity contribution is -0.141. The van der Waals surface area contributed by atoms with Gasteiger partial charge in [0.2, 0.25) is 11.8 Å². The van der Waals surface area contributed by atoms with Gasteiger partial charge in [-0.1, -0.05) is 55.8 Å². The zero-order chi connectivity index (χ0) is 25.8. The van der Waals surface area contributed by atoms with E-state index in [2.05, 4.69) is 5.32 Å². The maximum atomic E-state index is 13.5. The summed E-state index contributed by atoms with van der Waals surface area (Å²) in [6, 6.07) is 12.9. The Bertz CT molecular complexity index is 1210. The first-order valence-electron chi connectivity index (χ1n) is 11.9. The van der Waals surface area contributed by atoms with Gasteiger partial charge < -0.3 is 10.2 Å². The Morgan fingerprint density at radius 1 is 1.06 bits per heavy atom. The van der Waals surface area contributed by atoms with Crippen LogP contribution in [-0.4, -0.2) is 54.0 Å². The molecule has 3 rings (SSSR count). The van der Waals surface area contributed by atoms with E-state index in [1.807, 2.05) is 52.0 Å². The van der Waals surface area contributed by atoms with Gasteiger partial charge in [0, 0.05) is 25.6 Å². The minimum atomic E-state index is -4.01. The smallest absolute Gasteiger partial charge is 0.269 e. The summed E-state index contributed by atoms with van der Waals surface area (Å²) >= 11 is 0. The van der Waals surface area contributed by atoms with Crippen molar-refractivity contribution in [2.45, 2.75) is 70.5 Å². The first-order valence-corrected chi connectivity index (χ1v) is 13.4. The molecule has 0 saturated carbocycles. The standard InChI is InChI=1S/C26H33N3O5S/c1-5-19(4)27-25(31)22(6-2)28(17-20-11-9-10-18(3)16-20)24(30)14-15-29-26(32)21-12-7-8-13-23(21)35(29,33)34/h7-13,16,19,22H,5-6,14-15,17H2,1-4H3,(H,27,31)/t19-,22+/m0/s1. The van der Waals surface area contributed by atoms with Crippen LogP contribution in [-0.2, 0) is 26.2 Å². The van der Waals surface area contributed by atoms with E-state index in [1.165, 1.54) is 17.0 Å². The predicted octanol–water partition coefficient (Wildman–Crippen LogP) is 3.25. The van der Waals surface area contributed by atoms with Crippen LogP contribution < -0.4 is 5.32 Å². The predicted molar refractivity (Wildman–Crippen MR) is 133 cm³/mol. The van der Waals surface area contributed by atoms with Gasteiger partial charge in [0.1, 0.15) is 10.9 Å². The van der Waals surface area contributed by atoms with Crippen molar-refractivity contribution in [3.8, 4) is 0 Å². The molecule has 2 aromatic carbocycles. The lowest BCUT2D eigenvalue weighted by atomic mass is 10.1. The van der Waals surface area contributed by atoms with Crippen molar-refractivity contribution in [2.75, 3.05) is 6.54 Å². The maximum absolute atomic E-state index is 13.5. The molecule has 0 spiro atoms. The number of carbonyl (C=O) groups excluding carboxylic acids is 3. The molecule has 0 fully saturated rings. The molecule has 188 valence electrons. The summed E-state index contributed by atoms with van der Waals surface area (Å²) in [4.78, 5) is 40.7. The second kappa shape index (κ2) is 11.0. The number of sulfonamides is 1. The van der Waals surface area contributed by atoms with Crippen molar-refractivity contribution in [2.24, 2.45) is 0 Å². The Kier molecular flexibility index (Phi) is 8.32. The quantitative estimate of drug-likeness (QED) is 0.540. The summed E-state index contributed by atoms with van der Waals surface area (Å²) in [7, 11) is -4.01. The van der Waals surface area contributed by atoms with Crippen LogP contribution in [0.2, 0.25) is 0 Å². The number of hydrogen-bond acceptors (Lipinski definition) is 5. The fourth-order valence-electron chi connectivity index (χ4n) is 4.16. The van der Waals surface area contributed by atoms with Crippen molar-refractivity contribution in [1.82, 2.24) is 14.5 Å². The van der Waals surface area contributed by atoms with Gasteiger partial charge in [-0.15, -0.1) is 0 Å². The average molecular weight is 500 g/mol. The molecule has 0 unspecified atom stereocenters. The molecule has 9 heteroatoms. The number of nitrogens with one attached hydrogen (secondary N) is 1. The summed E-state index contributed by atoms with van der Waals surface area (Å²) in [5.74, 6) is -1.28. The van der Waals surface area contributed by atoms with Crippen molar-refractivity contribution >= 4 is 27.7 Å². The minimum absolute atomic E-state index is 0.0432. The van der Waals surface area contributed by atoms with Crippen LogP contribution in [0.1, 0.15) is 61.5 Å². The van der Waals surface area contributed by atoms with Crippen LogP contribution in [0.5, 0.6) is 0 Å². The van der Waals surface area contributed by atoms with E-state index < -0.39 is 27.9 Å². The third kappa shape index (κ3) is 5.73. The molecular weight excluding hydrogens is 466 g/mol. The number of amides is 3. The molecule has 0 aromatic heterocycles. The first-order chi connectivity index (χ1) is 16.6. The van der Waals surface area contributed by atoms with E-state index in [9.17, 15) is 22.8 Å². The number of aryl methyl sites for hydroxylation is 1. The summed E-state index contributed by atoms with van der Waals surface area (Å²) in [5.41, 5.74) is 2.00. The SMILES string of the molecule is CC[C@H](C(=O)N[C@@H](C)CC)N(Cc1cccc(C)c1)C(=O)CCN1C(=O)c2ccccc2S1(=O)=O. The molecule has 0 bridgehead atoms. The molecule has 1 heterocycles. The molecule has 1 aliphatic heterocycles. The first kappa shape index (κ1) is 26.4. The molecule has 0 aliphatic carbocycles. The highest BCUT2D eigenvalue weighted by Crippen LogP contribution is 2.30. The Labute approximate surface area is 207 Å². The van der Waals surface area contributed by atoms with Crippen LogP contribution in [0.15, 0.2) is 53.4 Å². The fourth-order valence-corrected chi connectivity index (χ4v) is 5.73. The molecule has 1 N–H and O–H groups in total. The van der Waals surface area contributed by atoms with Gasteiger partial charge >= 0.3 is 0 Å². The lowest BCUT2D eigenvalue weighted by Crippen LogP contribution is -2.51. The molecular formula is C26H33N3O5S. The molecule has 35 heavy (non-hydrogen) atoms. The van der Waals surface area contributed by atoms with Crippen molar-refractivity contribution in [3.63, 3.8) is 0 Å². The fraction of sp³-hybridized carbons (Fsp3) is 0.423. The summed E-state index contributed by atoms with van der Waals surface area (Å²) < 4.78 is 26.5. The topological polar surface area (TPSA) is 104 Å². The highest BCUT2D eigenvalue weighted by molar-refractivity contribution is 7.90. The highest BCUT2D eigenvalue weighted by Gasteiger charge is 2.41. The number of nitrogens with zero attached hydrogens (tertiary/aromatic N) is 2. The number of rotatable bonds is 10. The second-order valence-electron chi connectivity index (χ2n) is 8.88. The average Bonchev–Trinajstić information content (AvgIpc) is 3.02. The number of benzene rings is 2. The Balaban J connectivity index is 1.83. The van der Waals surface area contributed by atoms with E-state index in [4.69, 9.17) is 0 Å². The number of hydrogen-bond donors (Lipinski definition) is 1. The van der Waals surface area contributed by atoms with Gasteiger partial charge in [0.15, 0.2) is 0 Å². The zero-order valence-electron chi connectivity index (χ0n) is 20.7. The molecule has 0 saturated heterocycles. The highest BCUT2D eigenvalue weighted by atomic mass is 32.2. The van der Waals surface area contributed by atoms with Crippen LogP contribution in [0, 0.1) is 6.92 Å². The van der Waals surface area contributed by atoms with Gasteiger partial charge in [-0.2, -0.15) is 0 Å². The lowest BCUT2D eigenvalue weighted by Gasteiger charge is -2.32. The molecule has 0 radical (unpaired) electrons. The van der Waals surface area contributed by atoms with E-state index in [0.29, 0.717) is 6.42 Å². The second-order valence-corrected chi connectivity index (χ2v) is 10.7. The number of carbonyl (C=O) groups is 3. The monoisotopic (exact) mass is 499 g/mol. The Morgan fingerprint density at radius 2 is 1.77 bits per heavy atom. The third-order valence-electron chi connectivity index (χ3n) is 6.26. The molecule has 2 atom stereocenters. The van der Waals surface area contributed by atoms with Gasteiger partial charge in [0.05, 0.1) is 5.56 Å². The van der Waals surface area contributed by atoms with Crippen molar-refractivity contribution < 1.29 is 22.8 Å². The van der Waals surface area contributed by atoms with E-state index >= 15 is 0 Å². The minimum Gasteiger partial charge on any atom is -0.352 e. The summed E-state index contributed by atoms with van der Waals surface area (Å²) in [5, 5.41) is 2.95. The van der Waals surface area contributed by atoms with Gasteiger partial charge in [-0.05, 0) is 44.4 Å². The van der Waals surface area contributed by atoms with Crippen LogP contribution in [0.4, 0.5) is 0 Å². The van der Waals surface area contributed by atoms with E-state index in [-0.39, 0.29) is 41.9 Å². The normalized spacial score (nSPS) is 15.9. The zero-order valence-corrected chi connectivity index (χ0v) is 21.5. The van der Waals surface area contributed by atoms with Crippen LogP contribution in [0.25, 0.3) is 0 Å². The molecule has 2 aromatic rings. The van der Waals surface area contributed by atoms with Gasteiger partial charge in [-0.3, -0.25) is 14.4 Å². The van der Waals surface area contributed by atoms with Crippen molar-refractivity contribution in [1.29, 1.82) is 0 Å². The van der Waals surface area contributed by atoms with Gasteiger partial charge in [0.25, 0.3) is 15.9 Å². The number of fused-ring (bicyclic) bond motifs is 1. The summed E-state index contributed by atoms with van der Waals surface area (Å²) in [6.07, 6.45) is 0.924. The Morgan fingerprint density at radius 3 is 2.40 bits per heavy atom. The van der Waals surface area contributed by atoms with Crippen molar-refractivity contribution in [3.05, 3.63) is 65.2 Å². The third-order valence-corrected chi connectivity index (χ3v) is 8.10. The van der Waals surface area contributed by atoms with Crippen LogP contribution in [0.3, 0.4) is 0 Å². The van der Waals surface area contributed by atoms with E-state index in [0.717, 1.165) is 21.9 Å².